The minimum absolute atomic E-state index is 0.149. The average Bonchev–Trinajstić information content (AvgIpc) is 2.54. The molecule has 0 aliphatic carbocycles. The third kappa shape index (κ3) is 4.04. The van der Waals surface area contributed by atoms with Gasteiger partial charge in [0.05, 0.1) is 19.2 Å². The van der Waals surface area contributed by atoms with Gasteiger partial charge in [-0.25, -0.2) is 0 Å². The summed E-state index contributed by atoms with van der Waals surface area (Å²) in [5.74, 6) is 1.14. The molecule has 0 radical (unpaired) electrons. The largest absolute Gasteiger partial charge is 0.493 e. The Kier molecular flexibility index (Phi) is 5.90. The lowest BCUT2D eigenvalue weighted by molar-refractivity contribution is 0.0951. The second kappa shape index (κ2) is 7.69. The Morgan fingerprint density at radius 2 is 1.86 bits per heavy atom. The number of hydrogen-bond acceptors (Lipinski definition) is 3. The van der Waals surface area contributed by atoms with E-state index in [1.165, 1.54) is 0 Å². The Labute approximate surface area is 147 Å². The molecule has 0 heterocycles. The smallest absolute Gasteiger partial charge is 0.251 e. The van der Waals surface area contributed by atoms with Crippen LogP contribution in [0.5, 0.6) is 11.5 Å². The zero-order valence-corrected chi connectivity index (χ0v) is 15.1. The maximum Gasteiger partial charge on any atom is 0.251 e. The topological polar surface area (TPSA) is 47.6 Å². The van der Waals surface area contributed by atoms with E-state index in [-0.39, 0.29) is 5.91 Å². The number of hydrogen-bond donors (Lipinski definition) is 1. The minimum Gasteiger partial charge on any atom is -0.493 e. The van der Waals surface area contributed by atoms with Gasteiger partial charge < -0.3 is 14.8 Å². The fourth-order valence-electron chi connectivity index (χ4n) is 1.91. The van der Waals surface area contributed by atoms with Crippen LogP contribution in [-0.4, -0.2) is 20.1 Å². The Hall–Kier alpha value is -1.47. The number of methoxy groups -OCH3 is 2. The average molecular weight is 432 g/mol. The molecule has 116 valence electrons. The molecule has 4 nitrogen and oxygen atoms in total. The number of amides is 1. The van der Waals surface area contributed by atoms with Crippen LogP contribution in [0.1, 0.15) is 15.9 Å². The number of benzene rings is 2. The second-order valence-electron chi connectivity index (χ2n) is 4.50. The summed E-state index contributed by atoms with van der Waals surface area (Å²) in [5, 5.41) is 3.51. The van der Waals surface area contributed by atoms with Gasteiger partial charge in [-0.3, -0.25) is 4.79 Å². The van der Waals surface area contributed by atoms with Crippen molar-refractivity contribution in [3.05, 3.63) is 56.1 Å². The predicted octanol–water partition coefficient (Wildman–Crippen LogP) is 3.89. The van der Waals surface area contributed by atoms with Crippen LogP contribution in [0.4, 0.5) is 0 Å². The highest BCUT2D eigenvalue weighted by atomic mass is 127. The third-order valence-electron chi connectivity index (χ3n) is 3.08. The summed E-state index contributed by atoms with van der Waals surface area (Å²) in [5.41, 5.74) is 1.50. The van der Waals surface area contributed by atoms with Crippen molar-refractivity contribution >= 4 is 40.1 Å². The molecule has 2 aromatic carbocycles. The van der Waals surface area contributed by atoms with Gasteiger partial charge in [-0.15, -0.1) is 0 Å². The molecule has 0 atom stereocenters. The van der Waals surface area contributed by atoms with Crippen molar-refractivity contribution in [1.29, 1.82) is 0 Å². The van der Waals surface area contributed by atoms with Gasteiger partial charge in [-0.05, 0) is 58.5 Å². The van der Waals surface area contributed by atoms with Gasteiger partial charge in [0.15, 0.2) is 11.5 Å². The number of rotatable bonds is 5. The van der Waals surface area contributed by atoms with Gasteiger partial charge in [0.25, 0.3) is 5.91 Å². The Morgan fingerprint density at radius 3 is 2.50 bits per heavy atom. The van der Waals surface area contributed by atoms with Gasteiger partial charge in [-0.1, -0.05) is 17.7 Å². The quantitative estimate of drug-likeness (QED) is 0.731. The first kappa shape index (κ1) is 16.9. The molecule has 1 N–H and O–H groups in total. The number of nitrogens with one attached hydrogen (secondary N) is 1. The molecule has 0 saturated carbocycles. The Morgan fingerprint density at radius 1 is 1.14 bits per heavy atom. The molecule has 2 rings (SSSR count). The maximum absolute atomic E-state index is 12.1. The summed E-state index contributed by atoms with van der Waals surface area (Å²) in [4.78, 5) is 12.1. The lowest BCUT2D eigenvalue weighted by Gasteiger charge is -2.10. The maximum atomic E-state index is 12.1. The fourth-order valence-corrected chi connectivity index (χ4v) is 2.55. The zero-order chi connectivity index (χ0) is 16.1. The van der Waals surface area contributed by atoms with Gasteiger partial charge in [0.1, 0.15) is 0 Å². The van der Waals surface area contributed by atoms with Crippen molar-refractivity contribution in [3.8, 4) is 11.5 Å². The van der Waals surface area contributed by atoms with Crippen molar-refractivity contribution in [1.82, 2.24) is 5.32 Å². The van der Waals surface area contributed by atoms with E-state index in [2.05, 4.69) is 27.9 Å². The van der Waals surface area contributed by atoms with Gasteiger partial charge in [-0.2, -0.15) is 0 Å². The normalized spacial score (nSPS) is 10.2. The highest BCUT2D eigenvalue weighted by Crippen LogP contribution is 2.27. The molecule has 0 spiro atoms. The number of ether oxygens (including phenoxy) is 2. The first-order chi connectivity index (χ1) is 10.5. The van der Waals surface area contributed by atoms with Crippen LogP contribution in [0, 0.1) is 3.57 Å². The number of halogens is 2. The SMILES string of the molecule is COc1ccc(CNC(=O)c2ccc(Cl)c(I)c2)cc1OC. The summed E-state index contributed by atoms with van der Waals surface area (Å²) >= 11 is 8.05. The van der Waals surface area contributed by atoms with Gasteiger partial charge >= 0.3 is 0 Å². The Balaban J connectivity index is 2.06. The van der Waals surface area contributed by atoms with Crippen LogP contribution in [0.15, 0.2) is 36.4 Å². The van der Waals surface area contributed by atoms with E-state index >= 15 is 0 Å². The van der Waals surface area contributed by atoms with Gasteiger partial charge in [0, 0.05) is 15.7 Å². The first-order valence-corrected chi connectivity index (χ1v) is 7.95. The lowest BCUT2D eigenvalue weighted by atomic mass is 10.1. The molecule has 0 fully saturated rings. The molecule has 22 heavy (non-hydrogen) atoms. The molecule has 0 bridgehead atoms. The molecule has 0 saturated heterocycles. The number of carbonyl (C=O) groups is 1. The summed E-state index contributed by atoms with van der Waals surface area (Å²) in [7, 11) is 3.16. The molecular formula is C16H15ClINO3. The molecule has 0 unspecified atom stereocenters. The van der Waals surface area contributed by atoms with Crippen molar-refractivity contribution in [2.24, 2.45) is 0 Å². The predicted molar refractivity (Wildman–Crippen MR) is 94.9 cm³/mol. The van der Waals surface area contributed by atoms with E-state index in [1.807, 2.05) is 18.2 Å². The second-order valence-corrected chi connectivity index (χ2v) is 6.07. The van der Waals surface area contributed by atoms with Crippen LogP contribution in [-0.2, 0) is 6.54 Å². The van der Waals surface area contributed by atoms with E-state index in [4.69, 9.17) is 21.1 Å². The summed E-state index contributed by atoms with van der Waals surface area (Å²) in [6, 6.07) is 10.7. The summed E-state index contributed by atoms with van der Waals surface area (Å²) < 4.78 is 11.3. The molecule has 0 aliphatic rings. The van der Waals surface area contributed by atoms with E-state index in [0.717, 1.165) is 9.13 Å². The highest BCUT2D eigenvalue weighted by Gasteiger charge is 2.09. The third-order valence-corrected chi connectivity index (χ3v) is 4.62. The van der Waals surface area contributed by atoms with Crippen molar-refractivity contribution in [3.63, 3.8) is 0 Å². The lowest BCUT2D eigenvalue weighted by Crippen LogP contribution is -2.22. The molecule has 6 heteroatoms. The zero-order valence-electron chi connectivity index (χ0n) is 12.2. The van der Waals surface area contributed by atoms with Gasteiger partial charge in [0.2, 0.25) is 0 Å². The Bertz CT molecular complexity index is 691. The van der Waals surface area contributed by atoms with Crippen LogP contribution in [0.3, 0.4) is 0 Å². The van der Waals surface area contributed by atoms with Crippen LogP contribution < -0.4 is 14.8 Å². The molecule has 1 amide bonds. The molecule has 2 aromatic rings. The van der Waals surface area contributed by atoms with Crippen LogP contribution in [0.2, 0.25) is 5.02 Å². The standard InChI is InChI=1S/C16H15ClINO3/c1-21-14-6-3-10(7-15(14)22-2)9-19-16(20)11-4-5-12(17)13(18)8-11/h3-8H,9H2,1-2H3,(H,19,20). The molecular weight excluding hydrogens is 417 g/mol. The highest BCUT2D eigenvalue weighted by molar-refractivity contribution is 14.1. The van der Waals surface area contributed by atoms with E-state index < -0.39 is 0 Å². The minimum atomic E-state index is -0.149. The first-order valence-electron chi connectivity index (χ1n) is 6.49. The number of carbonyl (C=O) groups excluding carboxylic acids is 1. The van der Waals surface area contributed by atoms with E-state index in [9.17, 15) is 4.79 Å². The van der Waals surface area contributed by atoms with Crippen molar-refractivity contribution in [2.75, 3.05) is 14.2 Å². The molecule has 0 aromatic heterocycles. The fraction of sp³-hybridized carbons (Fsp3) is 0.188. The monoisotopic (exact) mass is 431 g/mol. The summed E-state index contributed by atoms with van der Waals surface area (Å²) in [6.07, 6.45) is 0. The van der Waals surface area contributed by atoms with Crippen LogP contribution >= 0.6 is 34.2 Å². The van der Waals surface area contributed by atoms with Crippen LogP contribution in [0.25, 0.3) is 0 Å². The van der Waals surface area contributed by atoms with E-state index in [1.54, 1.807) is 32.4 Å². The van der Waals surface area contributed by atoms with Crippen molar-refractivity contribution < 1.29 is 14.3 Å². The summed E-state index contributed by atoms with van der Waals surface area (Å²) in [6.45, 7) is 0.401. The molecule has 0 aliphatic heterocycles. The van der Waals surface area contributed by atoms with E-state index in [0.29, 0.717) is 28.6 Å². The van der Waals surface area contributed by atoms with Crippen molar-refractivity contribution in [2.45, 2.75) is 6.54 Å².